The second-order valence-corrected chi connectivity index (χ2v) is 3.93. The van der Waals surface area contributed by atoms with Crippen LogP contribution in [0.1, 0.15) is 5.76 Å². The van der Waals surface area contributed by atoms with Crippen LogP contribution in [-0.2, 0) is 7.05 Å². The normalized spacial score (nSPS) is 11.2. The average Bonchev–Trinajstić information content (AvgIpc) is 2.92. The van der Waals surface area contributed by atoms with Gasteiger partial charge in [0.1, 0.15) is 17.0 Å². The van der Waals surface area contributed by atoms with Gasteiger partial charge in [-0.3, -0.25) is 14.3 Å². The molecule has 3 rings (SSSR count). The number of imidazole rings is 1. The van der Waals surface area contributed by atoms with Crippen molar-refractivity contribution in [1.82, 2.24) is 24.7 Å². The van der Waals surface area contributed by atoms with Crippen LogP contribution in [0.3, 0.4) is 0 Å². The van der Waals surface area contributed by atoms with Crippen molar-refractivity contribution in [2.75, 3.05) is 0 Å². The first-order chi connectivity index (χ1) is 8.56. The number of hydrogen-bond donors (Lipinski definition) is 2. The Bertz CT molecular complexity index is 850. The smallest absolute Gasteiger partial charge is 0.329 e. The summed E-state index contributed by atoms with van der Waals surface area (Å²) in [5.74, 6) is 1.02. The van der Waals surface area contributed by atoms with Gasteiger partial charge in [-0.1, -0.05) is 5.16 Å². The van der Waals surface area contributed by atoms with Gasteiger partial charge in [0, 0.05) is 13.1 Å². The Balaban J connectivity index is 2.35. The molecule has 3 aromatic rings. The van der Waals surface area contributed by atoms with E-state index in [9.17, 15) is 9.59 Å². The summed E-state index contributed by atoms with van der Waals surface area (Å²) in [5.41, 5.74) is -0.0309. The van der Waals surface area contributed by atoms with Gasteiger partial charge in [0.2, 0.25) is 0 Å². The molecule has 0 aliphatic heterocycles. The third-order valence-corrected chi connectivity index (χ3v) is 2.63. The van der Waals surface area contributed by atoms with Gasteiger partial charge in [0.15, 0.2) is 11.5 Å². The number of fused-ring (bicyclic) bond motifs is 1. The molecule has 0 bridgehead atoms. The lowest BCUT2D eigenvalue weighted by atomic mass is 10.4. The molecule has 0 aliphatic carbocycles. The molecule has 0 radical (unpaired) electrons. The minimum atomic E-state index is -0.512. The highest BCUT2D eigenvalue weighted by Crippen LogP contribution is 2.17. The first-order valence-electron chi connectivity index (χ1n) is 5.19. The highest BCUT2D eigenvalue weighted by Gasteiger charge is 2.14. The van der Waals surface area contributed by atoms with Gasteiger partial charge < -0.3 is 9.51 Å². The number of hydrogen-bond acceptors (Lipinski definition) is 5. The SMILES string of the molecule is Cc1cc(-c2nc3c([nH]2)c(=O)[nH]c(=O)n3C)no1. The summed E-state index contributed by atoms with van der Waals surface area (Å²) in [7, 11) is 1.53. The summed E-state index contributed by atoms with van der Waals surface area (Å²) >= 11 is 0. The van der Waals surface area contributed by atoms with Crippen LogP contribution in [-0.4, -0.2) is 24.7 Å². The fraction of sp³-hybridized carbons (Fsp3) is 0.200. The van der Waals surface area contributed by atoms with Crippen molar-refractivity contribution in [3.63, 3.8) is 0 Å². The first kappa shape index (κ1) is 10.5. The van der Waals surface area contributed by atoms with Gasteiger partial charge in [-0.05, 0) is 6.92 Å². The number of H-pyrrole nitrogens is 2. The zero-order valence-electron chi connectivity index (χ0n) is 9.64. The number of aryl methyl sites for hydroxylation is 2. The molecule has 3 heterocycles. The molecule has 92 valence electrons. The van der Waals surface area contributed by atoms with Crippen LogP contribution in [0.2, 0.25) is 0 Å². The number of aromatic nitrogens is 5. The van der Waals surface area contributed by atoms with E-state index in [4.69, 9.17) is 4.52 Å². The lowest BCUT2D eigenvalue weighted by Gasteiger charge is -1.94. The molecule has 0 aromatic carbocycles. The van der Waals surface area contributed by atoms with Gasteiger partial charge in [0.25, 0.3) is 5.56 Å². The van der Waals surface area contributed by atoms with Crippen molar-refractivity contribution in [2.45, 2.75) is 6.92 Å². The second kappa shape index (κ2) is 3.42. The van der Waals surface area contributed by atoms with E-state index in [1.807, 2.05) is 0 Å². The molecular weight excluding hydrogens is 238 g/mol. The number of aromatic amines is 2. The van der Waals surface area contributed by atoms with Crippen molar-refractivity contribution in [2.24, 2.45) is 7.05 Å². The highest BCUT2D eigenvalue weighted by atomic mass is 16.5. The van der Waals surface area contributed by atoms with Gasteiger partial charge in [-0.25, -0.2) is 9.78 Å². The lowest BCUT2D eigenvalue weighted by Crippen LogP contribution is -2.28. The third kappa shape index (κ3) is 1.39. The molecule has 8 heteroatoms. The minimum absolute atomic E-state index is 0.229. The lowest BCUT2D eigenvalue weighted by molar-refractivity contribution is 0.399. The average molecular weight is 247 g/mol. The van der Waals surface area contributed by atoms with Crippen LogP contribution in [0.15, 0.2) is 20.2 Å². The summed E-state index contributed by atoms with van der Waals surface area (Å²) < 4.78 is 6.19. The monoisotopic (exact) mass is 247 g/mol. The maximum atomic E-state index is 11.6. The Morgan fingerprint density at radius 2 is 2.11 bits per heavy atom. The Morgan fingerprint density at radius 3 is 2.78 bits per heavy atom. The molecular formula is C10H9N5O3. The van der Waals surface area contributed by atoms with Crippen LogP contribution in [0, 0.1) is 6.92 Å². The van der Waals surface area contributed by atoms with E-state index < -0.39 is 11.2 Å². The molecule has 3 aromatic heterocycles. The summed E-state index contributed by atoms with van der Waals surface area (Å²) in [6.45, 7) is 1.75. The summed E-state index contributed by atoms with van der Waals surface area (Å²) in [6.07, 6.45) is 0. The molecule has 0 fully saturated rings. The van der Waals surface area contributed by atoms with Crippen LogP contribution in [0.25, 0.3) is 22.7 Å². The Hall–Kier alpha value is -2.64. The van der Waals surface area contributed by atoms with Crippen LogP contribution < -0.4 is 11.2 Å². The summed E-state index contributed by atoms with van der Waals surface area (Å²) in [6, 6.07) is 1.68. The number of nitrogens with zero attached hydrogens (tertiary/aromatic N) is 3. The van der Waals surface area contributed by atoms with E-state index in [0.717, 1.165) is 0 Å². The molecule has 0 saturated carbocycles. The zero-order chi connectivity index (χ0) is 12.9. The third-order valence-electron chi connectivity index (χ3n) is 2.63. The van der Waals surface area contributed by atoms with Gasteiger partial charge in [-0.15, -0.1) is 0 Å². The van der Waals surface area contributed by atoms with Crippen LogP contribution >= 0.6 is 0 Å². The van der Waals surface area contributed by atoms with Crippen molar-refractivity contribution < 1.29 is 4.52 Å². The van der Waals surface area contributed by atoms with Gasteiger partial charge in [-0.2, -0.15) is 0 Å². The fourth-order valence-electron chi connectivity index (χ4n) is 1.70. The minimum Gasteiger partial charge on any atom is -0.361 e. The van der Waals surface area contributed by atoms with E-state index in [0.29, 0.717) is 17.3 Å². The molecule has 0 aliphatic rings. The van der Waals surface area contributed by atoms with E-state index in [1.165, 1.54) is 11.6 Å². The molecule has 0 spiro atoms. The quantitative estimate of drug-likeness (QED) is 0.624. The maximum Gasteiger partial charge on any atom is 0.329 e. The van der Waals surface area contributed by atoms with Crippen LogP contribution in [0.4, 0.5) is 0 Å². The van der Waals surface area contributed by atoms with Crippen molar-refractivity contribution in [1.29, 1.82) is 0 Å². The largest absolute Gasteiger partial charge is 0.361 e. The zero-order valence-corrected chi connectivity index (χ0v) is 9.64. The predicted octanol–water partition coefficient (Wildman–Crippen LogP) is -0.0867. The standard InChI is InChI=1S/C10H9N5O3/c1-4-3-5(14-18-4)7-11-6-8(12-7)15(2)10(17)13-9(6)16/h3H,1-2H3,(H,11,12)(H,13,16,17). The summed E-state index contributed by atoms with van der Waals surface area (Å²) in [4.78, 5) is 32.2. The highest BCUT2D eigenvalue weighted by molar-refractivity contribution is 5.74. The second-order valence-electron chi connectivity index (χ2n) is 3.93. The molecule has 18 heavy (non-hydrogen) atoms. The molecule has 0 unspecified atom stereocenters. The van der Waals surface area contributed by atoms with E-state index >= 15 is 0 Å². The van der Waals surface area contributed by atoms with Crippen molar-refractivity contribution >= 4 is 11.2 Å². The Morgan fingerprint density at radius 1 is 1.33 bits per heavy atom. The van der Waals surface area contributed by atoms with Crippen molar-refractivity contribution in [3.8, 4) is 11.5 Å². The number of nitrogens with one attached hydrogen (secondary N) is 2. The van der Waals surface area contributed by atoms with Gasteiger partial charge in [0.05, 0.1) is 0 Å². The predicted molar refractivity (Wildman–Crippen MR) is 62.2 cm³/mol. The Kier molecular flexibility index (Phi) is 2.00. The molecule has 0 atom stereocenters. The van der Waals surface area contributed by atoms with Crippen molar-refractivity contribution in [3.05, 3.63) is 32.7 Å². The Labute approximate surface area is 99.3 Å². The maximum absolute atomic E-state index is 11.6. The number of rotatable bonds is 1. The molecule has 0 amide bonds. The van der Waals surface area contributed by atoms with E-state index in [1.54, 1.807) is 13.0 Å². The molecule has 8 nitrogen and oxygen atoms in total. The van der Waals surface area contributed by atoms with E-state index in [2.05, 4.69) is 20.1 Å². The van der Waals surface area contributed by atoms with E-state index in [-0.39, 0.29) is 11.2 Å². The van der Waals surface area contributed by atoms with Gasteiger partial charge >= 0.3 is 5.69 Å². The topological polar surface area (TPSA) is 110 Å². The fourth-order valence-corrected chi connectivity index (χ4v) is 1.70. The first-order valence-corrected chi connectivity index (χ1v) is 5.19. The molecule has 2 N–H and O–H groups in total. The summed E-state index contributed by atoms with van der Waals surface area (Å²) in [5, 5.41) is 3.79. The van der Waals surface area contributed by atoms with Crippen LogP contribution in [0.5, 0.6) is 0 Å². The molecule has 0 saturated heterocycles.